The molecular weight excluding hydrogens is 326 g/mol. The van der Waals surface area contributed by atoms with Crippen molar-refractivity contribution in [3.63, 3.8) is 0 Å². The topological polar surface area (TPSA) is 53.3 Å². The molecule has 0 saturated carbocycles. The molecule has 0 aliphatic carbocycles. The van der Waals surface area contributed by atoms with Crippen LogP contribution in [0, 0.1) is 11.3 Å². The molecule has 0 heterocycles. The van der Waals surface area contributed by atoms with Crippen LogP contribution in [0.15, 0.2) is 60.2 Å². The Kier molecular flexibility index (Phi) is 6.24. The van der Waals surface area contributed by atoms with E-state index in [4.69, 9.17) is 0 Å². The Morgan fingerprint density at radius 2 is 1.84 bits per heavy atom. The van der Waals surface area contributed by atoms with Gasteiger partial charge in [0.05, 0.1) is 0 Å². The van der Waals surface area contributed by atoms with Crippen molar-refractivity contribution in [3.8, 4) is 11.8 Å². The monoisotopic (exact) mass is 342 g/mol. The van der Waals surface area contributed by atoms with E-state index in [0.717, 1.165) is 0 Å². The van der Waals surface area contributed by atoms with E-state index in [1.165, 1.54) is 35.2 Å². The van der Waals surface area contributed by atoms with Crippen LogP contribution in [-0.4, -0.2) is 19.1 Å². The van der Waals surface area contributed by atoms with Crippen LogP contribution < -0.4 is 9.64 Å². The number of anilines is 1. The first-order chi connectivity index (χ1) is 12.0. The van der Waals surface area contributed by atoms with Gasteiger partial charge in [-0.1, -0.05) is 30.3 Å². The molecular formula is C19H16F2N2O2. The number of carbonyl (C=O) groups is 1. The zero-order valence-electron chi connectivity index (χ0n) is 13.5. The van der Waals surface area contributed by atoms with Gasteiger partial charge in [-0.05, 0) is 42.8 Å². The lowest BCUT2D eigenvalue weighted by atomic mass is 10.1. The Bertz CT molecular complexity index is 781. The summed E-state index contributed by atoms with van der Waals surface area (Å²) in [5.74, 6) is -0.416. The third-order valence-corrected chi connectivity index (χ3v) is 3.40. The van der Waals surface area contributed by atoms with Crippen LogP contribution in [0.25, 0.3) is 6.08 Å². The first-order valence-corrected chi connectivity index (χ1v) is 7.58. The van der Waals surface area contributed by atoms with E-state index >= 15 is 0 Å². The van der Waals surface area contributed by atoms with E-state index in [1.807, 2.05) is 31.2 Å². The molecule has 0 bridgehead atoms. The fourth-order valence-corrected chi connectivity index (χ4v) is 2.25. The van der Waals surface area contributed by atoms with Crippen molar-refractivity contribution in [1.29, 1.82) is 5.26 Å². The minimum absolute atomic E-state index is 0.0106. The third-order valence-electron chi connectivity index (χ3n) is 3.40. The van der Waals surface area contributed by atoms with E-state index in [2.05, 4.69) is 4.74 Å². The van der Waals surface area contributed by atoms with Crippen LogP contribution in [0.3, 0.4) is 0 Å². The van der Waals surface area contributed by atoms with Gasteiger partial charge in [-0.25, -0.2) is 0 Å². The summed E-state index contributed by atoms with van der Waals surface area (Å²) in [5.41, 5.74) is 1.18. The predicted octanol–water partition coefficient (Wildman–Crippen LogP) is 4.25. The summed E-state index contributed by atoms with van der Waals surface area (Å²) >= 11 is 0. The van der Waals surface area contributed by atoms with Crippen molar-refractivity contribution in [2.24, 2.45) is 0 Å². The standard InChI is InChI=1S/C19H16F2N2O2/c1-2-23(16-6-4-3-5-7-16)18(24)15(13-22)12-14-8-10-17(11-9-14)25-19(20)21/h3-12,19H,2H2,1H3/b15-12+. The van der Waals surface area contributed by atoms with E-state index in [-0.39, 0.29) is 11.3 Å². The maximum atomic E-state index is 12.6. The van der Waals surface area contributed by atoms with Gasteiger partial charge in [-0.2, -0.15) is 14.0 Å². The molecule has 0 aliphatic rings. The third kappa shape index (κ3) is 4.88. The second kappa shape index (κ2) is 8.60. The molecule has 2 aromatic rings. The number of amides is 1. The lowest BCUT2D eigenvalue weighted by molar-refractivity contribution is -0.114. The zero-order valence-corrected chi connectivity index (χ0v) is 13.5. The Morgan fingerprint density at radius 1 is 1.20 bits per heavy atom. The number of carbonyl (C=O) groups excluding carboxylic acids is 1. The molecule has 2 rings (SSSR count). The zero-order chi connectivity index (χ0) is 18.2. The summed E-state index contributed by atoms with van der Waals surface area (Å²) in [6, 6.07) is 16.6. The molecule has 0 unspecified atom stereocenters. The van der Waals surface area contributed by atoms with Crippen LogP contribution in [0.2, 0.25) is 0 Å². The van der Waals surface area contributed by atoms with Crippen LogP contribution in [0.5, 0.6) is 5.75 Å². The minimum Gasteiger partial charge on any atom is -0.435 e. The average molecular weight is 342 g/mol. The molecule has 4 nitrogen and oxygen atoms in total. The highest BCUT2D eigenvalue weighted by Crippen LogP contribution is 2.19. The molecule has 0 fully saturated rings. The number of alkyl halides is 2. The first kappa shape index (κ1) is 18.1. The second-order valence-corrected chi connectivity index (χ2v) is 5.00. The van der Waals surface area contributed by atoms with Gasteiger partial charge < -0.3 is 9.64 Å². The fourth-order valence-electron chi connectivity index (χ4n) is 2.25. The highest BCUT2D eigenvalue weighted by molar-refractivity contribution is 6.11. The van der Waals surface area contributed by atoms with Crippen molar-refractivity contribution in [2.75, 3.05) is 11.4 Å². The van der Waals surface area contributed by atoms with Crippen molar-refractivity contribution >= 4 is 17.7 Å². The van der Waals surface area contributed by atoms with E-state index in [0.29, 0.717) is 17.8 Å². The van der Waals surface area contributed by atoms with Crippen LogP contribution in [-0.2, 0) is 4.79 Å². The molecule has 0 aliphatic heterocycles. The summed E-state index contributed by atoms with van der Waals surface area (Å²) < 4.78 is 28.6. The molecule has 2 aromatic carbocycles. The Balaban J connectivity index is 2.24. The molecule has 0 aromatic heterocycles. The largest absolute Gasteiger partial charge is 0.435 e. The molecule has 0 saturated heterocycles. The quantitative estimate of drug-likeness (QED) is 0.582. The molecule has 128 valence electrons. The van der Waals surface area contributed by atoms with Crippen molar-refractivity contribution in [3.05, 3.63) is 65.7 Å². The molecule has 0 atom stereocenters. The van der Waals surface area contributed by atoms with E-state index in [9.17, 15) is 18.8 Å². The Hall–Kier alpha value is -3.20. The minimum atomic E-state index is -2.90. The number of nitrogens with zero attached hydrogens (tertiary/aromatic N) is 2. The number of likely N-dealkylation sites (N-methyl/N-ethyl adjacent to an activating group) is 1. The van der Waals surface area contributed by atoms with Crippen LogP contribution in [0.4, 0.5) is 14.5 Å². The van der Waals surface area contributed by atoms with E-state index in [1.54, 1.807) is 12.1 Å². The van der Waals surface area contributed by atoms with Gasteiger partial charge >= 0.3 is 6.61 Å². The summed E-state index contributed by atoms with van der Waals surface area (Å²) in [5, 5.41) is 9.33. The van der Waals surface area contributed by atoms with Gasteiger partial charge in [0.15, 0.2) is 0 Å². The van der Waals surface area contributed by atoms with Gasteiger partial charge in [-0.3, -0.25) is 4.79 Å². The van der Waals surface area contributed by atoms with Crippen molar-refractivity contribution in [1.82, 2.24) is 0 Å². The second-order valence-electron chi connectivity index (χ2n) is 5.00. The molecule has 0 spiro atoms. The lowest BCUT2D eigenvalue weighted by Crippen LogP contribution is -2.31. The average Bonchev–Trinajstić information content (AvgIpc) is 2.62. The Labute approximate surface area is 144 Å². The summed E-state index contributed by atoms with van der Waals surface area (Å²) in [6.45, 7) is -0.680. The van der Waals surface area contributed by atoms with Gasteiger partial charge in [0.1, 0.15) is 17.4 Å². The maximum Gasteiger partial charge on any atom is 0.387 e. The summed E-state index contributed by atoms with van der Waals surface area (Å²) in [6.07, 6.45) is 1.42. The number of nitriles is 1. The number of rotatable bonds is 6. The molecule has 25 heavy (non-hydrogen) atoms. The molecule has 0 N–H and O–H groups in total. The predicted molar refractivity (Wildman–Crippen MR) is 91.1 cm³/mol. The van der Waals surface area contributed by atoms with Gasteiger partial charge in [0.2, 0.25) is 0 Å². The number of halogens is 2. The number of para-hydroxylation sites is 1. The Morgan fingerprint density at radius 3 is 2.36 bits per heavy atom. The van der Waals surface area contributed by atoms with Gasteiger partial charge in [0, 0.05) is 12.2 Å². The van der Waals surface area contributed by atoms with E-state index < -0.39 is 12.5 Å². The highest BCUT2D eigenvalue weighted by Gasteiger charge is 2.18. The lowest BCUT2D eigenvalue weighted by Gasteiger charge is -2.20. The van der Waals surface area contributed by atoms with Crippen molar-refractivity contribution in [2.45, 2.75) is 13.5 Å². The highest BCUT2D eigenvalue weighted by atomic mass is 19.3. The molecule has 0 radical (unpaired) electrons. The number of ether oxygens (including phenoxy) is 1. The SMILES string of the molecule is CCN(C(=O)/C(C#N)=C/c1ccc(OC(F)F)cc1)c1ccccc1. The molecule has 6 heteroatoms. The summed E-state index contributed by atoms with van der Waals surface area (Å²) in [4.78, 5) is 14.1. The van der Waals surface area contributed by atoms with Crippen LogP contribution in [0.1, 0.15) is 12.5 Å². The first-order valence-electron chi connectivity index (χ1n) is 7.58. The fraction of sp³-hybridized carbons (Fsp3) is 0.158. The normalized spacial score (nSPS) is 11.1. The smallest absolute Gasteiger partial charge is 0.387 e. The van der Waals surface area contributed by atoms with Gasteiger partial charge in [0.25, 0.3) is 5.91 Å². The van der Waals surface area contributed by atoms with Gasteiger partial charge in [-0.15, -0.1) is 0 Å². The number of hydrogen-bond donors (Lipinski definition) is 0. The maximum absolute atomic E-state index is 12.6. The van der Waals surface area contributed by atoms with Crippen molar-refractivity contribution < 1.29 is 18.3 Å². The number of benzene rings is 2. The van der Waals surface area contributed by atoms with Crippen LogP contribution >= 0.6 is 0 Å². The molecule has 1 amide bonds. The summed E-state index contributed by atoms with van der Waals surface area (Å²) in [7, 11) is 0. The number of hydrogen-bond acceptors (Lipinski definition) is 3.